The molecule has 0 spiro atoms. The SMILES string of the molecule is c1ccc(B2c3ccccc3N(c3cccc(-c4cccnc4)c3)c3cc4c5c(c32)N(c2ccccc2)c2ccccc2B5c2ccccc2O4)cc1. The van der Waals surface area contributed by atoms with Gasteiger partial charge in [0.2, 0.25) is 6.71 Å². The summed E-state index contributed by atoms with van der Waals surface area (Å²) in [6.07, 6.45) is 3.76. The molecule has 53 heavy (non-hydrogen) atoms. The standard InChI is InChI=1S/C47H31B2N3O/c1-3-17-34(18-4-1)48-37-22-7-10-25-40(37)51(36-21-13-15-32(29-36)33-16-14-28-50-31-33)42-30-44-46-47(45(42)48)52(35-19-5-2-6-20-35)41-26-11-8-23-38(41)49(46)39-24-9-12-27-43(39)53-44/h1-31H. The quantitative estimate of drug-likeness (QED) is 0.181. The first kappa shape index (κ1) is 29.9. The van der Waals surface area contributed by atoms with Crippen LogP contribution in [0.25, 0.3) is 11.1 Å². The first-order valence-corrected chi connectivity index (χ1v) is 18.2. The van der Waals surface area contributed by atoms with Crippen LogP contribution in [0.15, 0.2) is 188 Å². The molecule has 0 saturated carbocycles. The number of anilines is 6. The predicted molar refractivity (Wildman–Crippen MR) is 221 cm³/mol. The van der Waals surface area contributed by atoms with Crippen molar-refractivity contribution in [3.05, 3.63) is 188 Å². The first-order valence-electron chi connectivity index (χ1n) is 18.2. The van der Waals surface area contributed by atoms with E-state index in [0.717, 1.165) is 45.4 Å². The molecular formula is C47H31B2N3O. The number of para-hydroxylation sites is 4. The Morgan fingerprint density at radius 3 is 1.85 bits per heavy atom. The van der Waals surface area contributed by atoms with E-state index in [9.17, 15) is 0 Å². The maximum Gasteiger partial charge on any atom is 0.256 e. The highest BCUT2D eigenvalue weighted by molar-refractivity contribution is 7.03. The van der Waals surface area contributed by atoms with Gasteiger partial charge in [-0.05, 0) is 81.4 Å². The molecule has 8 aromatic rings. The second-order valence-electron chi connectivity index (χ2n) is 13.9. The summed E-state index contributed by atoms with van der Waals surface area (Å²) < 4.78 is 7.03. The molecule has 11 rings (SSSR count). The maximum atomic E-state index is 7.03. The van der Waals surface area contributed by atoms with Gasteiger partial charge in [-0.2, -0.15) is 0 Å². The van der Waals surface area contributed by atoms with Gasteiger partial charge in [0.05, 0.1) is 0 Å². The Balaban J connectivity index is 1.28. The van der Waals surface area contributed by atoms with Crippen molar-refractivity contribution < 1.29 is 4.74 Å². The minimum absolute atomic E-state index is 0.00219. The minimum Gasteiger partial charge on any atom is -0.458 e. The van der Waals surface area contributed by atoms with Gasteiger partial charge in [0, 0.05) is 58.1 Å². The van der Waals surface area contributed by atoms with Crippen LogP contribution < -0.4 is 47.3 Å². The van der Waals surface area contributed by atoms with Crippen molar-refractivity contribution in [2.24, 2.45) is 0 Å². The summed E-state index contributed by atoms with van der Waals surface area (Å²) in [6.45, 7) is -0.0443. The molecule has 0 unspecified atom stereocenters. The van der Waals surface area contributed by atoms with Gasteiger partial charge < -0.3 is 14.5 Å². The molecule has 0 N–H and O–H groups in total. The van der Waals surface area contributed by atoms with Gasteiger partial charge in [0.25, 0.3) is 6.71 Å². The molecule has 0 amide bonds. The number of aromatic nitrogens is 1. The van der Waals surface area contributed by atoms with Crippen LogP contribution in [-0.2, 0) is 0 Å². The highest BCUT2D eigenvalue weighted by atomic mass is 16.5. The van der Waals surface area contributed by atoms with Crippen molar-refractivity contribution in [2.45, 2.75) is 0 Å². The van der Waals surface area contributed by atoms with E-state index in [1.165, 1.54) is 44.2 Å². The fraction of sp³-hybridized carbons (Fsp3) is 0. The number of hydrogen-bond donors (Lipinski definition) is 0. The highest BCUT2D eigenvalue weighted by Gasteiger charge is 2.47. The largest absolute Gasteiger partial charge is 0.458 e. The molecule has 3 aliphatic rings. The van der Waals surface area contributed by atoms with Gasteiger partial charge >= 0.3 is 0 Å². The molecule has 4 heterocycles. The first-order chi connectivity index (χ1) is 26.3. The van der Waals surface area contributed by atoms with E-state index in [-0.39, 0.29) is 13.4 Å². The lowest BCUT2D eigenvalue weighted by atomic mass is 9.30. The van der Waals surface area contributed by atoms with E-state index in [1.54, 1.807) is 0 Å². The maximum absolute atomic E-state index is 7.03. The molecule has 3 aliphatic heterocycles. The van der Waals surface area contributed by atoms with Crippen molar-refractivity contribution in [1.82, 2.24) is 4.98 Å². The Kier molecular flexibility index (Phi) is 6.71. The molecule has 4 nitrogen and oxygen atoms in total. The fourth-order valence-electron chi connectivity index (χ4n) is 8.90. The number of rotatable bonds is 4. The number of hydrogen-bond acceptors (Lipinski definition) is 4. The molecule has 7 aromatic carbocycles. The van der Waals surface area contributed by atoms with Crippen molar-refractivity contribution >= 4 is 80.3 Å². The van der Waals surface area contributed by atoms with Gasteiger partial charge in [-0.15, -0.1) is 0 Å². The molecule has 0 fully saturated rings. The van der Waals surface area contributed by atoms with Crippen molar-refractivity contribution in [3.63, 3.8) is 0 Å². The number of fused-ring (bicyclic) bond motifs is 7. The molecule has 6 heteroatoms. The van der Waals surface area contributed by atoms with Crippen LogP contribution in [0.2, 0.25) is 0 Å². The van der Waals surface area contributed by atoms with Crippen molar-refractivity contribution in [1.29, 1.82) is 0 Å². The lowest BCUT2D eigenvalue weighted by Gasteiger charge is -2.45. The Labute approximate surface area is 309 Å². The number of ether oxygens (including phenoxy) is 1. The molecule has 0 saturated heterocycles. The van der Waals surface area contributed by atoms with E-state index < -0.39 is 0 Å². The Bertz CT molecular complexity index is 2690. The summed E-state index contributed by atoms with van der Waals surface area (Å²) >= 11 is 0. The van der Waals surface area contributed by atoms with Crippen molar-refractivity contribution in [3.8, 4) is 22.6 Å². The zero-order valence-corrected chi connectivity index (χ0v) is 28.8. The fourth-order valence-corrected chi connectivity index (χ4v) is 8.90. The predicted octanol–water partition coefficient (Wildman–Crippen LogP) is 7.45. The Morgan fingerprint density at radius 1 is 0.434 bits per heavy atom. The van der Waals surface area contributed by atoms with Gasteiger partial charge in [0.15, 0.2) is 0 Å². The average molecular weight is 675 g/mol. The van der Waals surface area contributed by atoms with E-state index in [4.69, 9.17) is 4.74 Å². The number of nitrogens with zero attached hydrogens (tertiary/aromatic N) is 3. The van der Waals surface area contributed by atoms with E-state index in [0.29, 0.717) is 0 Å². The lowest BCUT2D eigenvalue weighted by Crippen LogP contribution is -2.65. The van der Waals surface area contributed by atoms with Crippen LogP contribution in [0.3, 0.4) is 0 Å². The number of pyridine rings is 1. The van der Waals surface area contributed by atoms with Crippen LogP contribution in [0.1, 0.15) is 0 Å². The second kappa shape index (κ2) is 11.9. The van der Waals surface area contributed by atoms with E-state index in [2.05, 4.69) is 185 Å². The molecule has 0 radical (unpaired) electrons. The normalized spacial score (nSPS) is 13.3. The minimum atomic E-state index is -0.0465. The summed E-state index contributed by atoms with van der Waals surface area (Å²) in [7, 11) is 0. The molecule has 1 aromatic heterocycles. The van der Waals surface area contributed by atoms with Crippen LogP contribution >= 0.6 is 0 Å². The van der Waals surface area contributed by atoms with Gasteiger partial charge in [0.1, 0.15) is 11.5 Å². The van der Waals surface area contributed by atoms with E-state index in [1.807, 2.05) is 18.5 Å². The zero-order valence-electron chi connectivity index (χ0n) is 28.8. The molecule has 0 aliphatic carbocycles. The molecule has 0 bridgehead atoms. The van der Waals surface area contributed by atoms with Crippen LogP contribution in [0.4, 0.5) is 34.1 Å². The third-order valence-corrected chi connectivity index (χ3v) is 11.0. The van der Waals surface area contributed by atoms with E-state index >= 15 is 0 Å². The molecule has 246 valence electrons. The highest BCUT2D eigenvalue weighted by Crippen LogP contribution is 2.46. The summed E-state index contributed by atoms with van der Waals surface area (Å²) in [6, 6.07) is 63.5. The summed E-state index contributed by atoms with van der Waals surface area (Å²) in [5.74, 6) is 1.79. The van der Waals surface area contributed by atoms with Crippen LogP contribution in [0.5, 0.6) is 11.5 Å². The zero-order chi connectivity index (χ0) is 34.9. The van der Waals surface area contributed by atoms with Gasteiger partial charge in [-0.3, -0.25) is 4.98 Å². The Morgan fingerprint density at radius 2 is 1.08 bits per heavy atom. The van der Waals surface area contributed by atoms with Crippen LogP contribution in [-0.4, -0.2) is 18.4 Å². The second-order valence-corrected chi connectivity index (χ2v) is 13.9. The summed E-state index contributed by atoms with van der Waals surface area (Å²) in [5.41, 5.74) is 16.4. The third kappa shape index (κ3) is 4.55. The topological polar surface area (TPSA) is 28.6 Å². The third-order valence-electron chi connectivity index (χ3n) is 11.0. The smallest absolute Gasteiger partial charge is 0.256 e. The Hall–Kier alpha value is -6.78. The molecule has 0 atom stereocenters. The van der Waals surface area contributed by atoms with Crippen molar-refractivity contribution in [2.75, 3.05) is 9.80 Å². The number of benzene rings is 7. The average Bonchev–Trinajstić information content (AvgIpc) is 3.23. The van der Waals surface area contributed by atoms with Gasteiger partial charge in [-0.1, -0.05) is 127 Å². The van der Waals surface area contributed by atoms with Crippen LogP contribution in [0, 0.1) is 0 Å². The monoisotopic (exact) mass is 675 g/mol. The summed E-state index contributed by atoms with van der Waals surface area (Å²) in [5, 5.41) is 0. The molecular weight excluding hydrogens is 644 g/mol. The lowest BCUT2D eigenvalue weighted by molar-refractivity contribution is 0.488. The summed E-state index contributed by atoms with van der Waals surface area (Å²) in [4.78, 5) is 9.38. The van der Waals surface area contributed by atoms with Gasteiger partial charge in [-0.25, -0.2) is 0 Å².